The van der Waals surface area contributed by atoms with Crippen LogP contribution in [0, 0.1) is 24.3 Å². The van der Waals surface area contributed by atoms with E-state index >= 15 is 0 Å². The number of hydrogen-bond acceptors (Lipinski definition) is 6. The number of amides is 1. The smallest absolute Gasteiger partial charge is 0.415 e. The van der Waals surface area contributed by atoms with Gasteiger partial charge in [-0.05, 0) is 30.6 Å². The van der Waals surface area contributed by atoms with Crippen molar-refractivity contribution in [2.75, 3.05) is 26.3 Å². The van der Waals surface area contributed by atoms with Gasteiger partial charge in [-0.1, -0.05) is 51.1 Å². The Balaban J connectivity index is 1.55. The maximum absolute atomic E-state index is 13.6. The van der Waals surface area contributed by atoms with E-state index in [9.17, 15) is 9.59 Å². The number of esters is 1. The first-order valence-corrected chi connectivity index (χ1v) is 12.7. The highest BCUT2D eigenvalue weighted by Gasteiger charge is 2.37. The number of nitrogens with one attached hydrogen (secondary N) is 1. The number of benzene rings is 1. The highest BCUT2D eigenvalue weighted by atomic mass is 16.6. The standard InChI is InChI=1S/C27H31N5O5/c1-16-14-17(2)22(18(3)15-16)36-26(33)20-21(28-4)25(37-27(34)31-10-12-35-13-11-31)32-24(20)29-23(30-32)19-8-6-5-7-9-19/h5-9,16-18,22H,10-15H2,1-3H3,(H,29,30). The lowest BCUT2D eigenvalue weighted by Crippen LogP contribution is -2.42. The van der Waals surface area contributed by atoms with Crippen LogP contribution in [0.4, 0.5) is 10.5 Å². The third kappa shape index (κ3) is 4.79. The van der Waals surface area contributed by atoms with Crippen molar-refractivity contribution >= 4 is 23.4 Å². The molecule has 2 unspecified atom stereocenters. The summed E-state index contributed by atoms with van der Waals surface area (Å²) in [7, 11) is 0. The maximum Gasteiger partial charge on any atom is 0.415 e. The first kappa shape index (κ1) is 24.8. The van der Waals surface area contributed by atoms with Crippen LogP contribution in [0.15, 0.2) is 30.3 Å². The predicted molar refractivity (Wildman–Crippen MR) is 136 cm³/mol. The molecule has 1 aliphatic heterocycles. The summed E-state index contributed by atoms with van der Waals surface area (Å²) in [6, 6.07) is 9.39. The third-order valence-corrected chi connectivity index (χ3v) is 7.24. The number of morpholine rings is 1. The van der Waals surface area contributed by atoms with Gasteiger partial charge in [0.1, 0.15) is 11.7 Å². The van der Waals surface area contributed by atoms with E-state index in [0.717, 1.165) is 18.4 Å². The van der Waals surface area contributed by atoms with Crippen LogP contribution in [0.3, 0.4) is 0 Å². The van der Waals surface area contributed by atoms with Gasteiger partial charge >= 0.3 is 12.1 Å². The van der Waals surface area contributed by atoms with E-state index in [2.05, 4.69) is 35.7 Å². The maximum atomic E-state index is 13.6. The average Bonchev–Trinajstić information content (AvgIpc) is 3.44. The van der Waals surface area contributed by atoms with Crippen molar-refractivity contribution < 1.29 is 23.8 Å². The Labute approximate surface area is 215 Å². The van der Waals surface area contributed by atoms with Crippen molar-refractivity contribution in [1.29, 1.82) is 0 Å². The summed E-state index contributed by atoms with van der Waals surface area (Å²) in [5, 5.41) is 3.10. The highest BCUT2D eigenvalue weighted by Crippen LogP contribution is 2.41. The van der Waals surface area contributed by atoms with Crippen LogP contribution in [0.25, 0.3) is 21.9 Å². The zero-order chi connectivity index (χ0) is 26.1. The molecule has 37 heavy (non-hydrogen) atoms. The molecule has 3 heterocycles. The minimum Gasteiger partial charge on any atom is -0.459 e. The van der Waals surface area contributed by atoms with Gasteiger partial charge in [-0.2, -0.15) is 0 Å². The number of hydrogen-bond donors (Lipinski definition) is 1. The van der Waals surface area contributed by atoms with Gasteiger partial charge in [0.15, 0.2) is 11.5 Å². The van der Waals surface area contributed by atoms with Crippen LogP contribution in [-0.2, 0) is 9.47 Å². The van der Waals surface area contributed by atoms with Gasteiger partial charge in [0.25, 0.3) is 5.69 Å². The second-order valence-corrected chi connectivity index (χ2v) is 10.1. The number of fused-ring (bicyclic) bond motifs is 1. The molecule has 1 N–H and O–H groups in total. The third-order valence-electron chi connectivity index (χ3n) is 7.24. The Morgan fingerprint density at radius 3 is 2.43 bits per heavy atom. The zero-order valence-corrected chi connectivity index (χ0v) is 21.3. The van der Waals surface area contributed by atoms with Gasteiger partial charge in [-0.25, -0.2) is 23.9 Å². The van der Waals surface area contributed by atoms with Gasteiger partial charge in [0, 0.05) is 18.7 Å². The molecular weight excluding hydrogens is 474 g/mol. The molecule has 10 nitrogen and oxygen atoms in total. The first-order chi connectivity index (χ1) is 17.9. The number of ether oxygens (including phenoxy) is 3. The summed E-state index contributed by atoms with van der Waals surface area (Å²) in [6.45, 7) is 15.8. The first-order valence-electron chi connectivity index (χ1n) is 12.7. The van der Waals surface area contributed by atoms with Crippen LogP contribution in [-0.4, -0.2) is 64.0 Å². The fraction of sp³-hybridized carbons (Fsp3) is 0.481. The molecule has 1 aliphatic carbocycles. The summed E-state index contributed by atoms with van der Waals surface area (Å²) in [6.07, 6.45) is 1.04. The largest absolute Gasteiger partial charge is 0.459 e. The molecule has 2 atom stereocenters. The average molecular weight is 506 g/mol. The lowest BCUT2D eigenvalue weighted by atomic mass is 9.75. The Kier molecular flexibility index (Phi) is 6.89. The van der Waals surface area contributed by atoms with E-state index in [4.69, 9.17) is 20.8 Å². The monoisotopic (exact) mass is 505 g/mol. The van der Waals surface area contributed by atoms with E-state index in [1.165, 1.54) is 9.42 Å². The molecule has 2 fully saturated rings. The topological polar surface area (TPSA) is 103 Å². The van der Waals surface area contributed by atoms with Gasteiger partial charge in [0.05, 0.1) is 19.8 Å². The Bertz CT molecular complexity index is 1320. The molecule has 2 aliphatic rings. The predicted octanol–water partition coefficient (Wildman–Crippen LogP) is 4.94. The Morgan fingerprint density at radius 2 is 1.78 bits per heavy atom. The second kappa shape index (κ2) is 10.3. The lowest BCUT2D eigenvalue weighted by Gasteiger charge is -2.37. The molecular formula is C27H31N5O5. The normalized spacial score (nSPS) is 24.0. The molecule has 1 aromatic carbocycles. The molecule has 3 aromatic rings. The summed E-state index contributed by atoms with van der Waals surface area (Å²) >= 11 is 0. The minimum absolute atomic E-state index is 0.00349. The van der Waals surface area contributed by atoms with Crippen molar-refractivity contribution in [1.82, 2.24) is 19.5 Å². The number of rotatable bonds is 4. The molecule has 5 rings (SSSR count). The molecule has 2 aromatic heterocycles. The van der Waals surface area contributed by atoms with Gasteiger partial charge in [-0.3, -0.25) is 5.10 Å². The number of carbonyl (C=O) groups excluding carboxylic acids is 2. The van der Waals surface area contributed by atoms with Crippen LogP contribution in [0.1, 0.15) is 44.0 Å². The van der Waals surface area contributed by atoms with Gasteiger partial charge in [0.2, 0.25) is 5.88 Å². The van der Waals surface area contributed by atoms with E-state index in [1.807, 2.05) is 30.3 Å². The van der Waals surface area contributed by atoms with E-state index in [0.29, 0.717) is 38.0 Å². The molecule has 1 saturated heterocycles. The number of H-pyrrole nitrogens is 1. The van der Waals surface area contributed by atoms with Crippen LogP contribution in [0.2, 0.25) is 0 Å². The van der Waals surface area contributed by atoms with E-state index in [1.54, 1.807) is 0 Å². The molecule has 0 spiro atoms. The van der Waals surface area contributed by atoms with Crippen molar-refractivity contribution in [3.8, 4) is 17.3 Å². The fourth-order valence-electron chi connectivity index (χ4n) is 5.59. The van der Waals surface area contributed by atoms with Gasteiger partial charge < -0.3 is 19.1 Å². The number of nitrogens with zero attached hydrogens (tertiary/aromatic N) is 4. The Hall–Kier alpha value is -3.84. The van der Waals surface area contributed by atoms with Crippen molar-refractivity contribution in [2.24, 2.45) is 17.8 Å². The summed E-state index contributed by atoms with van der Waals surface area (Å²) < 4.78 is 18.5. The molecule has 1 amide bonds. The second-order valence-electron chi connectivity index (χ2n) is 10.1. The van der Waals surface area contributed by atoms with Crippen LogP contribution in [0.5, 0.6) is 5.88 Å². The zero-order valence-electron chi connectivity index (χ0n) is 21.3. The fourth-order valence-corrected chi connectivity index (χ4v) is 5.59. The van der Waals surface area contributed by atoms with E-state index in [-0.39, 0.29) is 40.7 Å². The Morgan fingerprint density at radius 1 is 1.11 bits per heavy atom. The molecule has 1 saturated carbocycles. The van der Waals surface area contributed by atoms with Crippen molar-refractivity contribution in [2.45, 2.75) is 39.7 Å². The van der Waals surface area contributed by atoms with E-state index < -0.39 is 12.1 Å². The lowest BCUT2D eigenvalue weighted by molar-refractivity contribution is -0.0249. The van der Waals surface area contributed by atoms with Crippen LogP contribution < -0.4 is 4.74 Å². The van der Waals surface area contributed by atoms with Crippen molar-refractivity contribution in [3.05, 3.63) is 47.3 Å². The quantitative estimate of drug-likeness (QED) is 0.398. The minimum atomic E-state index is -0.637. The summed E-state index contributed by atoms with van der Waals surface area (Å²) in [4.78, 5) is 36.3. The highest BCUT2D eigenvalue weighted by molar-refractivity contribution is 6.05. The molecule has 194 valence electrons. The number of carbonyl (C=O) groups is 2. The number of aromatic nitrogens is 3. The van der Waals surface area contributed by atoms with Crippen molar-refractivity contribution in [3.63, 3.8) is 0 Å². The SMILES string of the molecule is [C-]#[N+]c1c(C(=O)OC2C(C)CC(C)CC2C)c2nc(-c3ccccc3)[nH]n2c1OC(=O)N1CCOCC1. The molecule has 0 radical (unpaired) electrons. The summed E-state index contributed by atoms with van der Waals surface area (Å²) in [5.41, 5.74) is 0.860. The van der Waals surface area contributed by atoms with Gasteiger partial charge in [-0.15, -0.1) is 0 Å². The van der Waals surface area contributed by atoms with Crippen LogP contribution >= 0.6 is 0 Å². The molecule has 10 heteroatoms. The number of aromatic amines is 1. The molecule has 0 bridgehead atoms. The summed E-state index contributed by atoms with van der Waals surface area (Å²) in [5.74, 6) is 0.691.